The van der Waals surface area contributed by atoms with Gasteiger partial charge in [-0.25, -0.2) is 0 Å². The van der Waals surface area contributed by atoms with Crippen LogP contribution in [0.15, 0.2) is 0 Å². The summed E-state index contributed by atoms with van der Waals surface area (Å²) < 4.78 is 4.83. The number of β-lactam (4-membered cyclic amide) rings is 1. The molecule has 5 nitrogen and oxygen atoms in total. The van der Waals surface area contributed by atoms with Gasteiger partial charge in [-0.15, -0.1) is 11.8 Å². The number of esters is 1. The zero-order chi connectivity index (χ0) is 17.6. The van der Waals surface area contributed by atoms with Crippen LogP contribution in [0.3, 0.4) is 0 Å². The Kier molecular flexibility index (Phi) is 5.12. The number of ether oxygens (including phenoxy) is 1. The van der Waals surface area contributed by atoms with E-state index >= 15 is 0 Å². The van der Waals surface area contributed by atoms with E-state index < -0.39 is 11.5 Å². The lowest BCUT2D eigenvalue weighted by Gasteiger charge is -2.44. The summed E-state index contributed by atoms with van der Waals surface area (Å²) in [5.74, 6) is -0.236. The van der Waals surface area contributed by atoms with Crippen LogP contribution in [0.2, 0.25) is 0 Å². The average Bonchev–Trinajstić information content (AvgIpc) is 2.66. The van der Waals surface area contributed by atoms with Gasteiger partial charge < -0.3 is 9.64 Å². The predicted octanol–water partition coefficient (Wildman–Crippen LogP) is 2.88. The van der Waals surface area contributed by atoms with Crippen molar-refractivity contribution in [1.82, 2.24) is 4.90 Å². The van der Waals surface area contributed by atoms with Gasteiger partial charge in [-0.1, -0.05) is 6.92 Å². The molecule has 0 spiro atoms. The van der Waals surface area contributed by atoms with Crippen molar-refractivity contribution < 1.29 is 19.1 Å². The number of amides is 1. The van der Waals surface area contributed by atoms with E-state index in [2.05, 4.69) is 0 Å². The van der Waals surface area contributed by atoms with Crippen LogP contribution in [0, 0.1) is 11.3 Å². The Balaban J connectivity index is 1.97. The predicted molar refractivity (Wildman–Crippen MR) is 92.9 cm³/mol. The minimum absolute atomic E-state index is 0.00388. The van der Waals surface area contributed by atoms with E-state index in [1.165, 1.54) is 0 Å². The SMILES string of the molecule is CC[C@@H]1C(=O)N2[C@@H]1SC(C)(C)[C@@H]2C(=O)SCOC(=O)C(C)(C)C. The van der Waals surface area contributed by atoms with E-state index in [0.717, 1.165) is 18.2 Å². The lowest BCUT2D eigenvalue weighted by molar-refractivity contribution is -0.155. The van der Waals surface area contributed by atoms with E-state index in [1.807, 2.05) is 20.8 Å². The molecule has 7 heteroatoms. The van der Waals surface area contributed by atoms with Gasteiger partial charge in [-0.05, 0) is 52.8 Å². The van der Waals surface area contributed by atoms with Gasteiger partial charge in [0.05, 0.1) is 16.7 Å². The molecule has 2 fully saturated rings. The van der Waals surface area contributed by atoms with E-state index in [9.17, 15) is 14.4 Å². The minimum atomic E-state index is -0.584. The molecule has 2 aliphatic heterocycles. The van der Waals surface area contributed by atoms with Gasteiger partial charge in [0.1, 0.15) is 12.0 Å². The van der Waals surface area contributed by atoms with Gasteiger partial charge >= 0.3 is 5.97 Å². The average molecular weight is 360 g/mol. The molecule has 0 radical (unpaired) electrons. The molecule has 0 aromatic heterocycles. The number of carbonyl (C=O) groups is 3. The summed E-state index contributed by atoms with van der Waals surface area (Å²) in [6.07, 6.45) is 0.806. The first-order valence-corrected chi connectivity index (χ1v) is 9.71. The Morgan fingerprint density at radius 2 is 1.96 bits per heavy atom. The Bertz CT molecular complexity index is 527. The third-order valence-electron chi connectivity index (χ3n) is 4.22. The molecule has 1 amide bonds. The van der Waals surface area contributed by atoms with Gasteiger partial charge in [-0.3, -0.25) is 14.4 Å². The molecule has 0 aromatic carbocycles. The molecule has 2 rings (SSSR count). The Morgan fingerprint density at radius 3 is 2.48 bits per heavy atom. The first-order chi connectivity index (χ1) is 10.5. The molecule has 0 aliphatic carbocycles. The second kappa shape index (κ2) is 6.31. The van der Waals surface area contributed by atoms with Gasteiger partial charge in [0, 0.05) is 4.75 Å². The first kappa shape index (κ1) is 18.6. The molecule has 2 heterocycles. The molecule has 2 saturated heterocycles. The van der Waals surface area contributed by atoms with E-state index in [1.54, 1.807) is 37.4 Å². The number of hydrogen-bond acceptors (Lipinski definition) is 6. The van der Waals surface area contributed by atoms with E-state index in [0.29, 0.717) is 0 Å². The zero-order valence-corrected chi connectivity index (χ0v) is 16.2. The van der Waals surface area contributed by atoms with E-state index in [-0.39, 0.29) is 39.0 Å². The second-order valence-electron chi connectivity index (χ2n) is 7.54. The van der Waals surface area contributed by atoms with Crippen molar-refractivity contribution in [3.05, 3.63) is 0 Å². The second-order valence-corrected chi connectivity index (χ2v) is 10.2. The summed E-state index contributed by atoms with van der Waals surface area (Å²) in [6.45, 7) is 11.3. The lowest BCUT2D eigenvalue weighted by Crippen LogP contribution is -2.62. The molecular weight excluding hydrogens is 334 g/mol. The maximum absolute atomic E-state index is 12.6. The molecule has 0 unspecified atom stereocenters. The standard InChI is InChI=1S/C16H25NO4S2/c1-7-9-11(18)17-10(16(5,6)23-12(9)17)13(19)22-8-21-14(20)15(2,3)4/h9-10,12H,7-8H2,1-6H3/t9-,10+,12-/m1/s1. The first-order valence-electron chi connectivity index (χ1n) is 7.84. The monoisotopic (exact) mass is 359 g/mol. The van der Waals surface area contributed by atoms with Crippen LogP contribution in [0.5, 0.6) is 0 Å². The third-order valence-corrected chi connectivity index (χ3v) is 6.59. The molecule has 0 N–H and O–H groups in total. The maximum Gasteiger partial charge on any atom is 0.312 e. The van der Waals surface area contributed by atoms with E-state index in [4.69, 9.17) is 4.74 Å². The highest BCUT2D eigenvalue weighted by Gasteiger charge is 2.62. The van der Waals surface area contributed by atoms with Crippen LogP contribution in [0.1, 0.15) is 48.0 Å². The summed E-state index contributed by atoms with van der Waals surface area (Å²) in [7, 11) is 0. The fourth-order valence-corrected chi connectivity index (χ4v) is 5.59. The number of fused-ring (bicyclic) bond motifs is 1. The van der Waals surface area contributed by atoms with Gasteiger partial charge in [0.25, 0.3) is 0 Å². The number of hydrogen-bond donors (Lipinski definition) is 0. The van der Waals surface area contributed by atoms with Crippen LogP contribution >= 0.6 is 23.5 Å². The summed E-state index contributed by atoms with van der Waals surface area (Å²) in [6, 6.07) is -0.453. The highest BCUT2D eigenvalue weighted by atomic mass is 32.2. The minimum Gasteiger partial charge on any atom is -0.454 e. The molecule has 0 bridgehead atoms. The molecule has 23 heavy (non-hydrogen) atoms. The van der Waals surface area contributed by atoms with Gasteiger partial charge in [0.15, 0.2) is 0 Å². The quantitative estimate of drug-likeness (QED) is 0.437. The molecule has 0 aromatic rings. The number of thioether (sulfide) groups is 2. The highest BCUT2D eigenvalue weighted by Crippen LogP contribution is 2.54. The van der Waals surface area contributed by atoms with Crippen LogP contribution in [0.25, 0.3) is 0 Å². The topological polar surface area (TPSA) is 63.7 Å². The zero-order valence-electron chi connectivity index (χ0n) is 14.5. The van der Waals surface area contributed by atoms with Crippen molar-refractivity contribution >= 4 is 40.5 Å². The van der Waals surface area contributed by atoms with Crippen LogP contribution < -0.4 is 0 Å². The smallest absolute Gasteiger partial charge is 0.312 e. The molecule has 2 aliphatic rings. The lowest BCUT2D eigenvalue weighted by atomic mass is 9.90. The Hall–Kier alpha value is -0.690. The molecular formula is C16H25NO4S2. The van der Waals surface area contributed by atoms with Crippen molar-refractivity contribution in [1.29, 1.82) is 0 Å². The summed E-state index contributed by atoms with van der Waals surface area (Å²) >= 11 is 2.68. The number of carbonyl (C=O) groups excluding carboxylic acids is 3. The Morgan fingerprint density at radius 1 is 1.35 bits per heavy atom. The summed E-state index contributed by atoms with van der Waals surface area (Å²) in [5.41, 5.74) is -0.584. The number of nitrogens with zero attached hydrogens (tertiary/aromatic N) is 1. The van der Waals surface area contributed by atoms with Crippen LogP contribution in [-0.4, -0.2) is 44.0 Å². The summed E-state index contributed by atoms with van der Waals surface area (Å²) in [5, 5.41) is 0.00351. The molecule has 130 valence electrons. The maximum atomic E-state index is 12.6. The fraction of sp³-hybridized carbons (Fsp3) is 0.812. The van der Waals surface area contributed by atoms with Gasteiger partial charge in [0.2, 0.25) is 11.0 Å². The van der Waals surface area contributed by atoms with Crippen molar-refractivity contribution in [2.75, 3.05) is 5.94 Å². The van der Waals surface area contributed by atoms with Crippen molar-refractivity contribution in [3.63, 3.8) is 0 Å². The fourth-order valence-electron chi connectivity index (χ4n) is 2.88. The number of rotatable bonds is 4. The normalized spacial score (nSPS) is 29.0. The van der Waals surface area contributed by atoms with Crippen molar-refractivity contribution in [2.24, 2.45) is 11.3 Å². The highest BCUT2D eigenvalue weighted by molar-refractivity contribution is 8.13. The molecule has 3 atom stereocenters. The Labute approximate surface area is 146 Å². The van der Waals surface area contributed by atoms with Crippen molar-refractivity contribution in [2.45, 2.75) is 64.1 Å². The van der Waals surface area contributed by atoms with Gasteiger partial charge in [-0.2, -0.15) is 0 Å². The van der Waals surface area contributed by atoms with Crippen LogP contribution in [0.4, 0.5) is 0 Å². The third kappa shape index (κ3) is 3.40. The van der Waals surface area contributed by atoms with Crippen molar-refractivity contribution in [3.8, 4) is 0 Å². The largest absolute Gasteiger partial charge is 0.454 e. The molecule has 0 saturated carbocycles. The summed E-state index contributed by atoms with van der Waals surface area (Å²) in [4.78, 5) is 38.3. The van der Waals surface area contributed by atoms with Crippen LogP contribution in [-0.2, 0) is 19.1 Å².